The van der Waals surface area contributed by atoms with Crippen LogP contribution in [0.5, 0.6) is 5.75 Å². The first-order valence-electron chi connectivity index (χ1n) is 7.82. The summed E-state index contributed by atoms with van der Waals surface area (Å²) in [4.78, 5) is 24.3. The molecule has 118 valence electrons. The monoisotopic (exact) mass is 309 g/mol. The van der Waals surface area contributed by atoms with Crippen molar-refractivity contribution in [2.75, 3.05) is 5.32 Å². The van der Waals surface area contributed by atoms with Crippen molar-refractivity contribution < 1.29 is 14.3 Å². The number of hydrogen-bond donors (Lipinski definition) is 1. The minimum atomic E-state index is -0.270. The molecule has 1 aliphatic carbocycles. The van der Waals surface area contributed by atoms with Gasteiger partial charge in [0.1, 0.15) is 5.75 Å². The molecule has 0 aromatic heterocycles. The van der Waals surface area contributed by atoms with E-state index in [4.69, 9.17) is 4.74 Å². The van der Waals surface area contributed by atoms with Gasteiger partial charge < -0.3 is 10.1 Å². The topological polar surface area (TPSA) is 55.4 Å². The Morgan fingerprint density at radius 1 is 1.00 bits per heavy atom. The van der Waals surface area contributed by atoms with Crippen molar-refractivity contribution >= 4 is 17.4 Å². The second-order valence-electron chi connectivity index (χ2n) is 5.72. The van der Waals surface area contributed by atoms with Crippen molar-refractivity contribution in [3.63, 3.8) is 0 Å². The molecule has 0 spiro atoms. The molecular formula is C19H19NO3. The zero-order chi connectivity index (χ0) is 16.2. The molecule has 0 radical (unpaired) electrons. The van der Waals surface area contributed by atoms with Gasteiger partial charge in [-0.15, -0.1) is 0 Å². The summed E-state index contributed by atoms with van der Waals surface area (Å²) in [7, 11) is 0. The second kappa shape index (κ2) is 6.65. The first-order valence-corrected chi connectivity index (χ1v) is 7.82. The molecule has 2 aromatic carbocycles. The molecule has 0 aliphatic heterocycles. The molecule has 1 aliphatic rings. The molecule has 0 atom stereocenters. The Balaban J connectivity index is 1.82. The zero-order valence-corrected chi connectivity index (χ0v) is 13.0. The maximum Gasteiger partial charge on any atom is 0.259 e. The highest BCUT2D eigenvalue weighted by Gasteiger charge is 2.22. The van der Waals surface area contributed by atoms with E-state index in [9.17, 15) is 9.59 Å². The average molecular weight is 309 g/mol. The van der Waals surface area contributed by atoms with E-state index in [-0.39, 0.29) is 17.8 Å². The number of ketones is 1. The van der Waals surface area contributed by atoms with E-state index in [1.807, 2.05) is 12.1 Å². The van der Waals surface area contributed by atoms with E-state index in [1.165, 1.54) is 13.3 Å². The number of hydrogen-bond acceptors (Lipinski definition) is 3. The normalized spacial score (nSPS) is 14.0. The SMILES string of the molecule is CC(=O)c1ccccc1NC(=O)c1ccccc1OC1CCC1. The van der Waals surface area contributed by atoms with Gasteiger partial charge in [0, 0.05) is 5.56 Å². The number of carbonyl (C=O) groups is 2. The standard InChI is InChI=1S/C19H19NO3/c1-13(21)15-9-2-4-11-17(15)20-19(22)16-10-3-5-12-18(16)23-14-7-6-8-14/h2-5,9-12,14H,6-8H2,1H3,(H,20,22). The highest BCUT2D eigenvalue weighted by Crippen LogP contribution is 2.28. The highest BCUT2D eigenvalue weighted by molar-refractivity contribution is 6.10. The Labute approximate surface area is 135 Å². The Morgan fingerprint density at radius 3 is 2.30 bits per heavy atom. The lowest BCUT2D eigenvalue weighted by Crippen LogP contribution is -2.26. The number of para-hydroxylation sites is 2. The summed E-state index contributed by atoms with van der Waals surface area (Å²) >= 11 is 0. The van der Waals surface area contributed by atoms with Gasteiger partial charge in [0.2, 0.25) is 0 Å². The highest BCUT2D eigenvalue weighted by atomic mass is 16.5. The summed E-state index contributed by atoms with van der Waals surface area (Å²) in [5, 5.41) is 2.82. The Hall–Kier alpha value is -2.62. The van der Waals surface area contributed by atoms with Crippen LogP contribution in [0.1, 0.15) is 46.9 Å². The number of rotatable bonds is 5. The van der Waals surface area contributed by atoms with Crippen molar-refractivity contribution in [1.29, 1.82) is 0 Å². The van der Waals surface area contributed by atoms with Crippen LogP contribution in [0.4, 0.5) is 5.69 Å². The van der Waals surface area contributed by atoms with Gasteiger partial charge in [0.05, 0.1) is 17.4 Å². The van der Waals surface area contributed by atoms with Gasteiger partial charge >= 0.3 is 0 Å². The van der Waals surface area contributed by atoms with E-state index in [0.29, 0.717) is 22.6 Å². The fourth-order valence-electron chi connectivity index (χ4n) is 2.51. The molecule has 0 bridgehead atoms. The summed E-state index contributed by atoms with van der Waals surface area (Å²) in [6.07, 6.45) is 3.44. The quantitative estimate of drug-likeness (QED) is 0.847. The second-order valence-corrected chi connectivity index (χ2v) is 5.72. The smallest absolute Gasteiger partial charge is 0.259 e. The minimum absolute atomic E-state index is 0.0834. The molecule has 23 heavy (non-hydrogen) atoms. The van der Waals surface area contributed by atoms with E-state index in [1.54, 1.807) is 36.4 Å². The Bertz CT molecular complexity index is 735. The predicted octanol–water partition coefficient (Wildman–Crippen LogP) is 4.07. The van der Waals surface area contributed by atoms with Gasteiger partial charge in [0.15, 0.2) is 5.78 Å². The van der Waals surface area contributed by atoms with Crippen molar-refractivity contribution in [2.45, 2.75) is 32.3 Å². The van der Waals surface area contributed by atoms with Crippen molar-refractivity contribution in [3.05, 3.63) is 59.7 Å². The van der Waals surface area contributed by atoms with Crippen molar-refractivity contribution in [3.8, 4) is 5.75 Å². The van der Waals surface area contributed by atoms with E-state index in [0.717, 1.165) is 12.8 Å². The third kappa shape index (κ3) is 3.42. The Kier molecular flexibility index (Phi) is 4.42. The molecule has 0 unspecified atom stereocenters. The number of amides is 1. The lowest BCUT2D eigenvalue weighted by molar-refractivity contribution is 0.0991. The number of nitrogens with one attached hydrogen (secondary N) is 1. The molecule has 0 saturated heterocycles. The molecule has 1 N–H and O–H groups in total. The van der Waals surface area contributed by atoms with Gasteiger partial charge in [0.25, 0.3) is 5.91 Å². The number of Topliss-reactive ketones (excluding diaryl/α,β-unsaturated/α-hetero) is 1. The zero-order valence-electron chi connectivity index (χ0n) is 13.0. The summed E-state index contributed by atoms with van der Waals surface area (Å²) in [5.41, 5.74) is 1.50. The summed E-state index contributed by atoms with van der Waals surface area (Å²) < 4.78 is 5.89. The van der Waals surface area contributed by atoms with E-state index < -0.39 is 0 Å². The van der Waals surface area contributed by atoms with Gasteiger partial charge in [-0.25, -0.2) is 0 Å². The first-order chi connectivity index (χ1) is 11.1. The lowest BCUT2D eigenvalue weighted by Gasteiger charge is -2.27. The molecule has 4 nitrogen and oxygen atoms in total. The van der Waals surface area contributed by atoms with Crippen LogP contribution in [-0.2, 0) is 0 Å². The minimum Gasteiger partial charge on any atom is -0.490 e. The van der Waals surface area contributed by atoms with Crippen LogP contribution in [0.3, 0.4) is 0 Å². The summed E-state index contributed by atoms with van der Waals surface area (Å²) in [6, 6.07) is 14.2. The van der Waals surface area contributed by atoms with Gasteiger partial charge in [-0.2, -0.15) is 0 Å². The maximum atomic E-state index is 12.6. The molecule has 1 fully saturated rings. The van der Waals surface area contributed by atoms with Crippen molar-refractivity contribution in [1.82, 2.24) is 0 Å². The van der Waals surface area contributed by atoms with Gasteiger partial charge in [-0.1, -0.05) is 24.3 Å². The molecule has 1 saturated carbocycles. The third-order valence-electron chi connectivity index (χ3n) is 4.03. The van der Waals surface area contributed by atoms with E-state index >= 15 is 0 Å². The van der Waals surface area contributed by atoms with Crippen LogP contribution >= 0.6 is 0 Å². The average Bonchev–Trinajstić information content (AvgIpc) is 2.51. The number of anilines is 1. The van der Waals surface area contributed by atoms with E-state index in [2.05, 4.69) is 5.32 Å². The summed E-state index contributed by atoms with van der Waals surface area (Å²) in [5.74, 6) is 0.239. The molecule has 1 amide bonds. The van der Waals surface area contributed by atoms with Crippen molar-refractivity contribution in [2.24, 2.45) is 0 Å². The summed E-state index contributed by atoms with van der Waals surface area (Å²) in [6.45, 7) is 1.48. The van der Waals surface area contributed by atoms with Crippen LogP contribution in [0.15, 0.2) is 48.5 Å². The van der Waals surface area contributed by atoms with Crippen LogP contribution in [-0.4, -0.2) is 17.8 Å². The molecular weight excluding hydrogens is 290 g/mol. The van der Waals surface area contributed by atoms with Crippen LogP contribution in [0, 0.1) is 0 Å². The van der Waals surface area contributed by atoms with Gasteiger partial charge in [-0.3, -0.25) is 9.59 Å². The first kappa shape index (κ1) is 15.3. The van der Waals surface area contributed by atoms with Crippen LogP contribution < -0.4 is 10.1 Å². The lowest BCUT2D eigenvalue weighted by atomic mass is 9.96. The van der Waals surface area contributed by atoms with Gasteiger partial charge in [-0.05, 0) is 50.5 Å². The molecule has 2 aromatic rings. The predicted molar refractivity (Wildman–Crippen MR) is 89.1 cm³/mol. The third-order valence-corrected chi connectivity index (χ3v) is 4.03. The number of benzene rings is 2. The number of carbonyl (C=O) groups excluding carboxylic acids is 2. The number of ether oxygens (including phenoxy) is 1. The maximum absolute atomic E-state index is 12.6. The molecule has 0 heterocycles. The van der Waals surface area contributed by atoms with Crippen LogP contribution in [0.25, 0.3) is 0 Å². The largest absolute Gasteiger partial charge is 0.490 e. The fraction of sp³-hybridized carbons (Fsp3) is 0.263. The fourth-order valence-corrected chi connectivity index (χ4v) is 2.51. The molecule has 4 heteroatoms. The van der Waals surface area contributed by atoms with Crippen LogP contribution in [0.2, 0.25) is 0 Å². The Morgan fingerprint density at radius 2 is 1.65 bits per heavy atom. The molecule has 3 rings (SSSR count).